The smallest absolute Gasteiger partial charge is 0.274 e. The number of carbonyl (C=O) groups is 2. The van der Waals surface area contributed by atoms with Crippen molar-refractivity contribution < 1.29 is 9.59 Å². The normalized spacial score (nSPS) is 10.2. The van der Waals surface area contributed by atoms with Crippen molar-refractivity contribution in [3.05, 3.63) is 72.1 Å². The van der Waals surface area contributed by atoms with Crippen LogP contribution in [0.25, 0.3) is 0 Å². The minimum atomic E-state index is -0.333. The summed E-state index contributed by atoms with van der Waals surface area (Å²) >= 11 is 0. The first kappa shape index (κ1) is 19.0. The summed E-state index contributed by atoms with van der Waals surface area (Å²) in [6.45, 7) is 1.51. The van der Waals surface area contributed by atoms with Crippen molar-refractivity contribution in [1.82, 2.24) is 9.97 Å². The highest BCUT2D eigenvalue weighted by atomic mass is 16.2. The van der Waals surface area contributed by atoms with Gasteiger partial charge >= 0.3 is 0 Å². The number of amides is 1. The quantitative estimate of drug-likeness (QED) is 0.638. The molecule has 0 unspecified atom stereocenters. The number of benzene rings is 2. The van der Waals surface area contributed by atoms with E-state index in [1.807, 2.05) is 43.3 Å². The number of carbonyl (C=O) groups excluding carboxylic acids is 2. The molecule has 0 atom stereocenters. The lowest BCUT2D eigenvalue weighted by molar-refractivity contribution is 0.101. The molecule has 0 aliphatic carbocycles. The number of rotatable bonds is 6. The van der Waals surface area contributed by atoms with Crippen LogP contribution >= 0.6 is 0 Å². The van der Waals surface area contributed by atoms with E-state index in [-0.39, 0.29) is 23.3 Å². The van der Waals surface area contributed by atoms with Gasteiger partial charge in [0.1, 0.15) is 5.69 Å². The Kier molecular flexibility index (Phi) is 5.64. The molecule has 28 heavy (non-hydrogen) atoms. The summed E-state index contributed by atoms with van der Waals surface area (Å²) in [4.78, 5) is 34.4. The zero-order chi connectivity index (χ0) is 20.1. The number of aromatic nitrogens is 2. The number of hydrogen-bond acceptors (Lipinski definition) is 6. The van der Waals surface area contributed by atoms with E-state index >= 15 is 0 Å². The molecule has 142 valence electrons. The van der Waals surface area contributed by atoms with E-state index in [4.69, 9.17) is 0 Å². The molecule has 0 saturated heterocycles. The van der Waals surface area contributed by atoms with E-state index in [0.29, 0.717) is 16.9 Å². The van der Waals surface area contributed by atoms with Gasteiger partial charge in [0.05, 0.1) is 0 Å². The van der Waals surface area contributed by atoms with E-state index in [2.05, 4.69) is 20.6 Å². The molecule has 0 fully saturated rings. The Bertz CT molecular complexity index is 1000. The summed E-state index contributed by atoms with van der Waals surface area (Å²) in [7, 11) is 3.91. The van der Waals surface area contributed by atoms with Crippen molar-refractivity contribution in [3.8, 4) is 0 Å². The third-order valence-corrected chi connectivity index (χ3v) is 4.06. The lowest BCUT2D eigenvalue weighted by Crippen LogP contribution is -2.15. The van der Waals surface area contributed by atoms with Crippen molar-refractivity contribution >= 4 is 34.7 Å². The Morgan fingerprint density at radius 2 is 1.71 bits per heavy atom. The largest absolute Gasteiger partial charge is 0.378 e. The van der Waals surface area contributed by atoms with Crippen LogP contribution in [0, 0.1) is 0 Å². The Labute approximate surface area is 163 Å². The lowest BCUT2D eigenvalue weighted by Gasteiger charge is -2.13. The first-order valence-corrected chi connectivity index (χ1v) is 8.72. The second-order valence-electron chi connectivity index (χ2n) is 6.42. The van der Waals surface area contributed by atoms with Crippen LogP contribution in [-0.2, 0) is 0 Å². The zero-order valence-electron chi connectivity index (χ0n) is 15.9. The van der Waals surface area contributed by atoms with E-state index in [1.54, 1.807) is 30.3 Å². The molecule has 0 spiro atoms. The first-order valence-electron chi connectivity index (χ1n) is 8.72. The summed E-state index contributed by atoms with van der Waals surface area (Å²) in [6.07, 6.45) is 1.51. The standard InChI is InChI=1S/C21H21N5O2/c1-14(27)15-5-4-6-17(13-15)24-21-22-12-11-19(25-21)20(28)23-16-7-9-18(10-8-16)26(2)3/h4-13H,1-3H3,(H,23,28)(H,22,24,25). The van der Waals surface area contributed by atoms with Gasteiger partial charge in [0.2, 0.25) is 5.95 Å². The Hall–Kier alpha value is -3.74. The number of ketones is 1. The monoisotopic (exact) mass is 375 g/mol. The predicted molar refractivity (Wildman–Crippen MR) is 110 cm³/mol. The molecule has 2 N–H and O–H groups in total. The maximum absolute atomic E-state index is 12.5. The van der Waals surface area contributed by atoms with Gasteiger partial charge in [0, 0.05) is 42.9 Å². The van der Waals surface area contributed by atoms with Gasteiger partial charge < -0.3 is 15.5 Å². The molecule has 1 amide bonds. The maximum atomic E-state index is 12.5. The minimum absolute atomic E-state index is 0.0296. The van der Waals surface area contributed by atoms with Crippen molar-refractivity contribution in [1.29, 1.82) is 0 Å². The zero-order valence-corrected chi connectivity index (χ0v) is 15.9. The van der Waals surface area contributed by atoms with E-state index < -0.39 is 0 Å². The highest BCUT2D eigenvalue weighted by Gasteiger charge is 2.10. The fraction of sp³-hybridized carbons (Fsp3) is 0.143. The van der Waals surface area contributed by atoms with E-state index in [0.717, 1.165) is 5.69 Å². The van der Waals surface area contributed by atoms with Crippen molar-refractivity contribution in [2.75, 3.05) is 29.6 Å². The molecule has 1 heterocycles. The van der Waals surface area contributed by atoms with Gasteiger partial charge in [-0.1, -0.05) is 12.1 Å². The number of nitrogens with zero attached hydrogens (tertiary/aromatic N) is 3. The number of anilines is 4. The van der Waals surface area contributed by atoms with Gasteiger partial charge in [-0.25, -0.2) is 9.97 Å². The van der Waals surface area contributed by atoms with Crippen molar-refractivity contribution in [2.45, 2.75) is 6.92 Å². The van der Waals surface area contributed by atoms with Crippen LogP contribution < -0.4 is 15.5 Å². The van der Waals surface area contributed by atoms with Gasteiger partial charge in [-0.15, -0.1) is 0 Å². The van der Waals surface area contributed by atoms with Gasteiger partial charge in [-0.2, -0.15) is 0 Å². The molecule has 7 nitrogen and oxygen atoms in total. The van der Waals surface area contributed by atoms with Crippen molar-refractivity contribution in [2.24, 2.45) is 0 Å². The van der Waals surface area contributed by atoms with Gasteiger partial charge in [0.15, 0.2) is 5.78 Å². The average Bonchev–Trinajstić information content (AvgIpc) is 2.69. The first-order chi connectivity index (χ1) is 13.4. The molecule has 3 rings (SSSR count). The van der Waals surface area contributed by atoms with Crippen LogP contribution in [0.15, 0.2) is 60.8 Å². The lowest BCUT2D eigenvalue weighted by atomic mass is 10.1. The highest BCUT2D eigenvalue weighted by Crippen LogP contribution is 2.18. The maximum Gasteiger partial charge on any atom is 0.274 e. The van der Waals surface area contributed by atoms with E-state index in [1.165, 1.54) is 13.1 Å². The number of nitrogens with one attached hydrogen (secondary N) is 2. The summed E-state index contributed by atoms with van der Waals surface area (Å²) in [5.41, 5.74) is 3.21. The second kappa shape index (κ2) is 8.30. The van der Waals surface area contributed by atoms with E-state index in [9.17, 15) is 9.59 Å². The summed E-state index contributed by atoms with van der Waals surface area (Å²) in [6, 6.07) is 16.1. The van der Waals surface area contributed by atoms with Crippen LogP contribution in [0.2, 0.25) is 0 Å². The molecule has 0 bridgehead atoms. The SMILES string of the molecule is CC(=O)c1cccc(Nc2nccc(C(=O)Nc3ccc(N(C)C)cc3)n2)c1. The molecule has 0 radical (unpaired) electrons. The fourth-order valence-corrected chi connectivity index (χ4v) is 2.53. The van der Waals surface area contributed by atoms with Crippen LogP contribution in [0.5, 0.6) is 0 Å². The second-order valence-corrected chi connectivity index (χ2v) is 6.42. The average molecular weight is 375 g/mol. The molecule has 0 saturated carbocycles. The Balaban J connectivity index is 1.72. The topological polar surface area (TPSA) is 87.2 Å². The van der Waals surface area contributed by atoms with Gasteiger partial charge in [-0.05, 0) is 49.4 Å². The van der Waals surface area contributed by atoms with Crippen molar-refractivity contribution in [3.63, 3.8) is 0 Å². The summed E-state index contributed by atoms with van der Waals surface area (Å²) < 4.78 is 0. The Morgan fingerprint density at radius 3 is 2.39 bits per heavy atom. The van der Waals surface area contributed by atoms with Crippen LogP contribution in [-0.4, -0.2) is 35.8 Å². The fourth-order valence-electron chi connectivity index (χ4n) is 2.53. The van der Waals surface area contributed by atoms with Crippen LogP contribution in [0.1, 0.15) is 27.8 Å². The molecule has 3 aromatic rings. The molecule has 2 aromatic carbocycles. The summed E-state index contributed by atoms with van der Waals surface area (Å²) in [5.74, 6) is -0.0881. The Morgan fingerprint density at radius 1 is 0.964 bits per heavy atom. The number of hydrogen-bond donors (Lipinski definition) is 2. The van der Waals surface area contributed by atoms with Gasteiger partial charge in [-0.3, -0.25) is 9.59 Å². The van der Waals surface area contributed by atoms with Crippen LogP contribution in [0.4, 0.5) is 23.0 Å². The number of Topliss-reactive ketones (excluding diaryl/α,β-unsaturated/α-hetero) is 1. The highest BCUT2D eigenvalue weighted by molar-refractivity contribution is 6.03. The molecular weight excluding hydrogens is 354 g/mol. The molecule has 0 aliphatic rings. The molecule has 1 aromatic heterocycles. The van der Waals surface area contributed by atoms with Gasteiger partial charge in [0.25, 0.3) is 5.91 Å². The molecular formula is C21H21N5O2. The summed E-state index contributed by atoms with van der Waals surface area (Å²) in [5, 5.41) is 5.84. The van der Waals surface area contributed by atoms with Crippen LogP contribution in [0.3, 0.4) is 0 Å². The predicted octanol–water partition coefficient (Wildman–Crippen LogP) is 3.74. The third-order valence-electron chi connectivity index (χ3n) is 4.06. The minimum Gasteiger partial charge on any atom is -0.378 e. The molecule has 7 heteroatoms. The molecule has 0 aliphatic heterocycles. The third kappa shape index (κ3) is 4.70.